The molecule has 1 heterocycles. The van der Waals surface area contributed by atoms with Crippen LogP contribution in [0.25, 0.3) is 0 Å². The van der Waals surface area contributed by atoms with E-state index >= 15 is 0 Å². The molecule has 0 spiro atoms. The topological polar surface area (TPSA) is 29.3 Å². The average Bonchev–Trinajstić information content (AvgIpc) is 2.43. The predicted molar refractivity (Wildman–Crippen MR) is 74.2 cm³/mol. The van der Waals surface area contributed by atoms with E-state index in [-0.39, 0.29) is 5.82 Å². The minimum Gasteiger partial charge on any atom is -0.397 e. The van der Waals surface area contributed by atoms with E-state index < -0.39 is 0 Å². The van der Waals surface area contributed by atoms with Gasteiger partial charge in [-0.1, -0.05) is 13.8 Å². The zero-order valence-electron chi connectivity index (χ0n) is 10.4. The van der Waals surface area contributed by atoms with E-state index in [9.17, 15) is 4.39 Å². The van der Waals surface area contributed by atoms with Crippen LogP contribution in [-0.2, 0) is 0 Å². The lowest BCUT2D eigenvalue weighted by atomic mass is 10.1. The first-order valence-corrected chi connectivity index (χ1v) is 6.90. The number of nitrogens with two attached hydrogens (primary N) is 1. The van der Waals surface area contributed by atoms with Crippen LogP contribution in [0.15, 0.2) is 18.2 Å². The van der Waals surface area contributed by atoms with Crippen LogP contribution in [-0.4, -0.2) is 23.6 Å². The molecule has 0 radical (unpaired) electrons. The number of benzene rings is 1. The standard InChI is InChI=1S/C13H19FN2S/c1-13(2)5-6-16(7-8-17-13)12-9-10(14)3-4-11(12)15/h3-4,9H,5-8,15H2,1-2H3. The minimum atomic E-state index is -0.217. The van der Waals surface area contributed by atoms with Crippen LogP contribution in [0.3, 0.4) is 0 Å². The van der Waals surface area contributed by atoms with Crippen molar-refractivity contribution in [1.29, 1.82) is 0 Å². The van der Waals surface area contributed by atoms with Crippen LogP contribution in [0.1, 0.15) is 20.3 Å². The summed E-state index contributed by atoms with van der Waals surface area (Å²) in [6, 6.07) is 4.60. The third kappa shape index (κ3) is 3.06. The lowest BCUT2D eigenvalue weighted by Gasteiger charge is -2.25. The molecule has 4 heteroatoms. The van der Waals surface area contributed by atoms with Gasteiger partial charge in [-0.25, -0.2) is 4.39 Å². The zero-order chi connectivity index (χ0) is 12.5. The van der Waals surface area contributed by atoms with Gasteiger partial charge in [0.15, 0.2) is 0 Å². The van der Waals surface area contributed by atoms with E-state index in [2.05, 4.69) is 18.7 Å². The fraction of sp³-hybridized carbons (Fsp3) is 0.538. The maximum Gasteiger partial charge on any atom is 0.125 e. The smallest absolute Gasteiger partial charge is 0.125 e. The molecule has 1 aromatic rings. The van der Waals surface area contributed by atoms with Crippen molar-refractivity contribution in [2.75, 3.05) is 29.5 Å². The van der Waals surface area contributed by atoms with Gasteiger partial charge in [-0.2, -0.15) is 11.8 Å². The van der Waals surface area contributed by atoms with Gasteiger partial charge in [0, 0.05) is 23.6 Å². The summed E-state index contributed by atoms with van der Waals surface area (Å²) in [5, 5.41) is 0. The van der Waals surface area contributed by atoms with Crippen molar-refractivity contribution >= 4 is 23.1 Å². The second-order valence-electron chi connectivity index (χ2n) is 5.05. The van der Waals surface area contributed by atoms with Gasteiger partial charge in [-0.05, 0) is 24.6 Å². The molecular weight excluding hydrogens is 235 g/mol. The number of halogens is 1. The Morgan fingerprint density at radius 2 is 2.12 bits per heavy atom. The molecule has 2 N–H and O–H groups in total. The van der Waals surface area contributed by atoms with E-state index in [1.54, 1.807) is 12.1 Å². The third-order valence-electron chi connectivity index (χ3n) is 3.17. The second kappa shape index (κ2) is 4.77. The summed E-state index contributed by atoms with van der Waals surface area (Å²) >= 11 is 1.97. The lowest BCUT2D eigenvalue weighted by molar-refractivity contribution is 0.621. The van der Waals surface area contributed by atoms with Gasteiger partial charge in [0.2, 0.25) is 0 Å². The minimum absolute atomic E-state index is 0.217. The first-order chi connectivity index (χ1) is 7.98. The van der Waals surface area contributed by atoms with Gasteiger partial charge in [0.05, 0.1) is 11.4 Å². The maximum atomic E-state index is 13.3. The Bertz CT molecular complexity index is 406. The summed E-state index contributed by atoms with van der Waals surface area (Å²) < 4.78 is 13.6. The van der Waals surface area contributed by atoms with E-state index in [1.807, 2.05) is 11.8 Å². The van der Waals surface area contributed by atoms with Crippen molar-refractivity contribution in [3.8, 4) is 0 Å². The molecular formula is C13H19FN2S. The number of nitrogens with zero attached hydrogens (tertiary/aromatic N) is 1. The molecule has 0 aliphatic carbocycles. The van der Waals surface area contributed by atoms with Crippen LogP contribution >= 0.6 is 11.8 Å². The Morgan fingerprint density at radius 3 is 2.88 bits per heavy atom. The number of anilines is 2. The third-order valence-corrected chi connectivity index (χ3v) is 4.54. The lowest BCUT2D eigenvalue weighted by Crippen LogP contribution is -2.27. The molecule has 0 saturated carbocycles. The van der Waals surface area contributed by atoms with Gasteiger partial charge in [0.1, 0.15) is 5.82 Å². The Hall–Kier alpha value is -0.900. The molecule has 1 fully saturated rings. The molecule has 94 valence electrons. The molecule has 1 aliphatic heterocycles. The van der Waals surface area contributed by atoms with Crippen molar-refractivity contribution in [2.24, 2.45) is 0 Å². The number of hydrogen-bond acceptors (Lipinski definition) is 3. The first-order valence-electron chi connectivity index (χ1n) is 5.92. The summed E-state index contributed by atoms with van der Waals surface area (Å²) in [5.41, 5.74) is 7.42. The number of hydrogen-bond donors (Lipinski definition) is 1. The zero-order valence-corrected chi connectivity index (χ0v) is 11.2. The molecule has 1 saturated heterocycles. The first kappa shape index (κ1) is 12.6. The Labute approximate surface area is 106 Å². The molecule has 1 aromatic carbocycles. The largest absolute Gasteiger partial charge is 0.397 e. The van der Waals surface area contributed by atoms with Crippen molar-refractivity contribution in [3.63, 3.8) is 0 Å². The Morgan fingerprint density at radius 1 is 1.35 bits per heavy atom. The van der Waals surface area contributed by atoms with E-state index in [0.717, 1.165) is 31.0 Å². The normalized spacial score (nSPS) is 20.1. The van der Waals surface area contributed by atoms with Gasteiger partial charge < -0.3 is 10.6 Å². The van der Waals surface area contributed by atoms with Gasteiger partial charge in [-0.3, -0.25) is 0 Å². The van der Waals surface area contributed by atoms with E-state index in [0.29, 0.717) is 10.4 Å². The highest BCUT2D eigenvalue weighted by atomic mass is 32.2. The average molecular weight is 254 g/mol. The molecule has 0 atom stereocenters. The Kier molecular flexibility index (Phi) is 3.52. The molecule has 0 unspecified atom stereocenters. The van der Waals surface area contributed by atoms with E-state index in [4.69, 9.17) is 5.73 Å². The Balaban J connectivity index is 2.19. The summed E-state index contributed by atoms with van der Waals surface area (Å²) in [4.78, 5) is 2.19. The van der Waals surface area contributed by atoms with Crippen molar-refractivity contribution in [1.82, 2.24) is 0 Å². The fourth-order valence-electron chi connectivity index (χ4n) is 2.05. The molecule has 0 aromatic heterocycles. The number of nitrogen functional groups attached to an aromatic ring is 1. The highest BCUT2D eigenvalue weighted by Crippen LogP contribution is 2.34. The summed E-state index contributed by atoms with van der Waals surface area (Å²) in [6.07, 6.45) is 1.09. The summed E-state index contributed by atoms with van der Waals surface area (Å²) in [7, 11) is 0. The van der Waals surface area contributed by atoms with Gasteiger partial charge >= 0.3 is 0 Å². The number of rotatable bonds is 1. The molecule has 2 rings (SSSR count). The molecule has 2 nitrogen and oxygen atoms in total. The van der Waals surface area contributed by atoms with Crippen molar-refractivity contribution in [2.45, 2.75) is 25.0 Å². The van der Waals surface area contributed by atoms with Crippen LogP contribution in [0, 0.1) is 5.82 Å². The van der Waals surface area contributed by atoms with Crippen LogP contribution in [0.4, 0.5) is 15.8 Å². The monoisotopic (exact) mass is 254 g/mol. The van der Waals surface area contributed by atoms with E-state index in [1.165, 1.54) is 6.07 Å². The summed E-state index contributed by atoms with van der Waals surface area (Å²) in [5.74, 6) is 0.841. The molecule has 0 bridgehead atoms. The van der Waals surface area contributed by atoms with Crippen LogP contribution < -0.4 is 10.6 Å². The van der Waals surface area contributed by atoms with Crippen LogP contribution in [0.2, 0.25) is 0 Å². The highest BCUT2D eigenvalue weighted by molar-refractivity contribution is 8.00. The molecule has 0 amide bonds. The molecule has 1 aliphatic rings. The fourth-order valence-corrected chi connectivity index (χ4v) is 3.15. The van der Waals surface area contributed by atoms with Gasteiger partial charge in [0.25, 0.3) is 0 Å². The van der Waals surface area contributed by atoms with Crippen molar-refractivity contribution < 1.29 is 4.39 Å². The maximum absolute atomic E-state index is 13.3. The van der Waals surface area contributed by atoms with Crippen molar-refractivity contribution in [3.05, 3.63) is 24.0 Å². The number of thioether (sulfide) groups is 1. The quantitative estimate of drug-likeness (QED) is 0.781. The molecule has 17 heavy (non-hydrogen) atoms. The predicted octanol–water partition coefficient (Wildman–Crippen LogP) is 3.13. The summed E-state index contributed by atoms with van der Waals surface area (Å²) in [6.45, 7) is 6.39. The van der Waals surface area contributed by atoms with Crippen LogP contribution in [0.5, 0.6) is 0 Å². The second-order valence-corrected chi connectivity index (χ2v) is 6.85. The SMILES string of the molecule is CC1(C)CCN(c2cc(F)ccc2N)CCS1. The highest BCUT2D eigenvalue weighted by Gasteiger charge is 2.24. The van der Waals surface area contributed by atoms with Gasteiger partial charge in [-0.15, -0.1) is 0 Å².